The maximum absolute atomic E-state index is 12.5. The molecule has 0 aliphatic carbocycles. The lowest BCUT2D eigenvalue weighted by Crippen LogP contribution is -2.52. The number of carbonyl (C=O) groups is 2. The highest BCUT2D eigenvalue weighted by molar-refractivity contribution is 5.98. The van der Waals surface area contributed by atoms with Crippen molar-refractivity contribution in [3.63, 3.8) is 0 Å². The van der Waals surface area contributed by atoms with Crippen LogP contribution in [0, 0.1) is 13.8 Å². The molecule has 0 radical (unpaired) electrons. The summed E-state index contributed by atoms with van der Waals surface area (Å²) >= 11 is 0. The normalized spacial score (nSPS) is 14.8. The molecule has 0 bridgehead atoms. The van der Waals surface area contributed by atoms with Gasteiger partial charge in [-0.1, -0.05) is 12.1 Å². The molecule has 124 valence electrons. The van der Waals surface area contributed by atoms with Gasteiger partial charge in [0.05, 0.1) is 6.42 Å². The van der Waals surface area contributed by atoms with Crippen LogP contribution in [0.2, 0.25) is 0 Å². The topological polar surface area (TPSA) is 53.5 Å². The molecular formula is C19H21N3O2. The Morgan fingerprint density at radius 2 is 1.92 bits per heavy atom. The van der Waals surface area contributed by atoms with Crippen LogP contribution in [0.5, 0.6) is 0 Å². The molecule has 5 heteroatoms. The zero-order valence-corrected chi connectivity index (χ0v) is 14.0. The average molecular weight is 323 g/mol. The van der Waals surface area contributed by atoms with Crippen LogP contribution in [-0.4, -0.2) is 41.3 Å². The van der Waals surface area contributed by atoms with Crippen LogP contribution in [0.15, 0.2) is 42.7 Å². The Kier molecular flexibility index (Phi) is 4.60. The summed E-state index contributed by atoms with van der Waals surface area (Å²) in [5.41, 5.74) is 4.05. The maximum Gasteiger partial charge on any atom is 0.246 e. The standard InChI is InChI=1S/C19H21N3O2/c1-14-8-15(2)10-17(9-14)22-7-6-21(13-19(22)24)18(23)11-16-4-3-5-20-12-16/h3-5,8-10,12H,6-7,11,13H2,1-2H3. The number of rotatable bonds is 3. The first kappa shape index (κ1) is 16.2. The number of hydrogen-bond acceptors (Lipinski definition) is 3. The van der Waals surface area contributed by atoms with E-state index in [1.807, 2.05) is 38.1 Å². The van der Waals surface area contributed by atoms with Gasteiger partial charge in [-0.25, -0.2) is 0 Å². The number of aryl methyl sites for hydroxylation is 2. The minimum Gasteiger partial charge on any atom is -0.331 e. The summed E-state index contributed by atoms with van der Waals surface area (Å²) in [6, 6.07) is 9.79. The Labute approximate surface area is 141 Å². The molecular weight excluding hydrogens is 302 g/mol. The van der Waals surface area contributed by atoms with Gasteiger partial charge in [0.25, 0.3) is 0 Å². The fourth-order valence-electron chi connectivity index (χ4n) is 3.05. The van der Waals surface area contributed by atoms with Crippen LogP contribution in [0.3, 0.4) is 0 Å². The highest BCUT2D eigenvalue weighted by Crippen LogP contribution is 2.21. The predicted octanol–water partition coefficient (Wildman–Crippen LogP) is 2.12. The third kappa shape index (κ3) is 3.62. The van der Waals surface area contributed by atoms with Crippen molar-refractivity contribution < 1.29 is 9.59 Å². The second-order valence-corrected chi connectivity index (χ2v) is 6.24. The summed E-state index contributed by atoms with van der Waals surface area (Å²) < 4.78 is 0. The van der Waals surface area contributed by atoms with E-state index in [9.17, 15) is 9.59 Å². The Morgan fingerprint density at radius 1 is 1.17 bits per heavy atom. The number of amides is 2. The van der Waals surface area contributed by atoms with Crippen LogP contribution in [0.1, 0.15) is 16.7 Å². The van der Waals surface area contributed by atoms with E-state index in [0.717, 1.165) is 22.4 Å². The lowest BCUT2D eigenvalue weighted by Gasteiger charge is -2.34. The Hall–Kier alpha value is -2.69. The van der Waals surface area contributed by atoms with Crippen LogP contribution < -0.4 is 4.90 Å². The number of aromatic nitrogens is 1. The molecule has 2 amide bonds. The van der Waals surface area contributed by atoms with Crippen molar-refractivity contribution in [1.29, 1.82) is 0 Å². The highest BCUT2D eigenvalue weighted by atomic mass is 16.2. The Bertz CT molecular complexity index is 738. The minimum atomic E-state index is -0.0363. The Morgan fingerprint density at radius 3 is 2.54 bits per heavy atom. The zero-order valence-electron chi connectivity index (χ0n) is 14.0. The summed E-state index contributed by atoms with van der Waals surface area (Å²) in [6.45, 7) is 5.26. The molecule has 1 fully saturated rings. The maximum atomic E-state index is 12.5. The fourth-order valence-corrected chi connectivity index (χ4v) is 3.05. The molecule has 1 aromatic carbocycles. The molecule has 1 aliphatic rings. The lowest BCUT2D eigenvalue weighted by atomic mass is 10.1. The number of anilines is 1. The first-order valence-electron chi connectivity index (χ1n) is 8.08. The van der Waals surface area contributed by atoms with Crippen LogP contribution >= 0.6 is 0 Å². The lowest BCUT2D eigenvalue weighted by molar-refractivity contribution is -0.136. The van der Waals surface area contributed by atoms with E-state index in [1.54, 1.807) is 22.2 Å². The SMILES string of the molecule is Cc1cc(C)cc(N2CCN(C(=O)Cc3cccnc3)CC2=O)c1. The van der Waals surface area contributed by atoms with Gasteiger partial charge in [0.1, 0.15) is 6.54 Å². The highest BCUT2D eigenvalue weighted by Gasteiger charge is 2.28. The molecule has 24 heavy (non-hydrogen) atoms. The van der Waals surface area contributed by atoms with Crippen molar-refractivity contribution in [1.82, 2.24) is 9.88 Å². The van der Waals surface area contributed by atoms with Gasteiger partial charge in [0, 0.05) is 31.2 Å². The van der Waals surface area contributed by atoms with Gasteiger partial charge >= 0.3 is 0 Å². The predicted molar refractivity (Wildman–Crippen MR) is 92.8 cm³/mol. The van der Waals surface area contributed by atoms with E-state index in [1.165, 1.54) is 0 Å². The molecule has 0 unspecified atom stereocenters. The average Bonchev–Trinajstić information content (AvgIpc) is 2.54. The molecule has 0 spiro atoms. The third-order valence-electron chi connectivity index (χ3n) is 4.17. The van der Waals surface area contributed by atoms with E-state index >= 15 is 0 Å². The van der Waals surface area contributed by atoms with Gasteiger partial charge in [-0.05, 0) is 48.7 Å². The molecule has 5 nitrogen and oxygen atoms in total. The van der Waals surface area contributed by atoms with E-state index in [4.69, 9.17) is 0 Å². The Balaban J connectivity index is 1.66. The van der Waals surface area contributed by atoms with Crippen molar-refractivity contribution >= 4 is 17.5 Å². The van der Waals surface area contributed by atoms with E-state index < -0.39 is 0 Å². The van der Waals surface area contributed by atoms with Gasteiger partial charge in [-0.15, -0.1) is 0 Å². The minimum absolute atomic E-state index is 0.0311. The molecule has 1 saturated heterocycles. The van der Waals surface area contributed by atoms with Gasteiger partial charge < -0.3 is 9.80 Å². The monoisotopic (exact) mass is 323 g/mol. The molecule has 0 atom stereocenters. The van der Waals surface area contributed by atoms with E-state index in [0.29, 0.717) is 13.1 Å². The number of nitrogens with zero attached hydrogens (tertiary/aromatic N) is 3. The summed E-state index contributed by atoms with van der Waals surface area (Å²) in [5, 5.41) is 0. The van der Waals surface area contributed by atoms with Crippen LogP contribution in [0.25, 0.3) is 0 Å². The fraction of sp³-hybridized carbons (Fsp3) is 0.316. The quantitative estimate of drug-likeness (QED) is 0.869. The molecule has 0 saturated carbocycles. The third-order valence-corrected chi connectivity index (χ3v) is 4.17. The van der Waals surface area contributed by atoms with Crippen molar-refractivity contribution in [3.8, 4) is 0 Å². The van der Waals surface area contributed by atoms with Gasteiger partial charge in [-0.2, -0.15) is 0 Å². The number of hydrogen-bond donors (Lipinski definition) is 0. The molecule has 1 aromatic heterocycles. The summed E-state index contributed by atoms with van der Waals surface area (Å²) in [6.07, 6.45) is 3.65. The van der Waals surface area contributed by atoms with Gasteiger partial charge in [-0.3, -0.25) is 14.6 Å². The molecule has 1 aliphatic heterocycles. The zero-order chi connectivity index (χ0) is 17.1. The molecule has 2 heterocycles. The summed E-state index contributed by atoms with van der Waals surface area (Å²) in [4.78, 5) is 32.3. The second-order valence-electron chi connectivity index (χ2n) is 6.24. The molecule has 0 N–H and O–H groups in total. The first-order valence-corrected chi connectivity index (χ1v) is 8.08. The van der Waals surface area contributed by atoms with Crippen molar-refractivity contribution in [2.24, 2.45) is 0 Å². The van der Waals surface area contributed by atoms with Gasteiger partial charge in [0.2, 0.25) is 11.8 Å². The largest absolute Gasteiger partial charge is 0.331 e. The van der Waals surface area contributed by atoms with Crippen LogP contribution in [-0.2, 0) is 16.0 Å². The smallest absolute Gasteiger partial charge is 0.246 e. The van der Waals surface area contributed by atoms with E-state index in [2.05, 4.69) is 11.1 Å². The van der Waals surface area contributed by atoms with E-state index in [-0.39, 0.29) is 24.8 Å². The van der Waals surface area contributed by atoms with Crippen LogP contribution in [0.4, 0.5) is 5.69 Å². The summed E-state index contributed by atoms with van der Waals surface area (Å²) in [7, 11) is 0. The molecule has 3 rings (SSSR count). The molecule has 2 aromatic rings. The number of benzene rings is 1. The van der Waals surface area contributed by atoms with Crippen molar-refractivity contribution in [2.75, 3.05) is 24.5 Å². The number of piperazine rings is 1. The first-order chi connectivity index (χ1) is 11.5. The van der Waals surface area contributed by atoms with Gasteiger partial charge in [0.15, 0.2) is 0 Å². The number of carbonyl (C=O) groups excluding carboxylic acids is 2. The summed E-state index contributed by atoms with van der Waals surface area (Å²) in [5.74, 6) is -0.0674. The second kappa shape index (κ2) is 6.83. The van der Waals surface area contributed by atoms with Crippen molar-refractivity contribution in [2.45, 2.75) is 20.3 Å². The van der Waals surface area contributed by atoms with Crippen molar-refractivity contribution in [3.05, 3.63) is 59.4 Å². The number of pyridine rings is 1.